The largest absolute Gasteiger partial charge is 0.486 e. The molecule has 40 heavy (non-hydrogen) atoms. The van der Waals surface area contributed by atoms with Gasteiger partial charge in [-0.3, -0.25) is 9.59 Å². The molecule has 0 spiro atoms. The zero-order valence-electron chi connectivity index (χ0n) is 22.7. The van der Waals surface area contributed by atoms with Gasteiger partial charge in [-0.1, -0.05) is 62.4 Å². The standard InChI is InChI=1S/C33H33FN2O4/c1-22(2)18-31(37)36-17-16-24-10-13-27(19-29(24)32(36)25-8-11-26(34)12-9-25)39-21-28-14-15-30(40-28)33(38)35-20-23-6-4-3-5-7-23/h3-15,19,22,32H,16-18,20-21H2,1-2H3,(H,35,38)/t32-/m0/s1. The summed E-state index contributed by atoms with van der Waals surface area (Å²) in [6, 6.07) is 24.9. The number of carbonyl (C=O) groups excluding carboxylic acids is 2. The highest BCUT2D eigenvalue weighted by Crippen LogP contribution is 2.38. The number of hydrogen-bond acceptors (Lipinski definition) is 4. The zero-order valence-corrected chi connectivity index (χ0v) is 22.7. The Labute approximate surface area is 233 Å². The van der Waals surface area contributed by atoms with Gasteiger partial charge in [0.15, 0.2) is 5.76 Å². The number of benzene rings is 3. The number of fused-ring (bicyclic) bond motifs is 1. The number of carbonyl (C=O) groups is 2. The second kappa shape index (κ2) is 12.2. The molecule has 0 unspecified atom stereocenters. The van der Waals surface area contributed by atoms with Gasteiger partial charge in [0.2, 0.25) is 5.91 Å². The Morgan fingerprint density at radius 3 is 2.55 bits per heavy atom. The summed E-state index contributed by atoms with van der Waals surface area (Å²) in [6.45, 7) is 5.21. The molecule has 5 rings (SSSR count). The molecule has 1 aliphatic rings. The highest BCUT2D eigenvalue weighted by molar-refractivity contribution is 5.91. The van der Waals surface area contributed by atoms with Gasteiger partial charge in [0.05, 0.1) is 6.04 Å². The van der Waals surface area contributed by atoms with E-state index in [4.69, 9.17) is 9.15 Å². The first kappa shape index (κ1) is 27.2. The quantitative estimate of drug-likeness (QED) is 0.265. The lowest BCUT2D eigenvalue weighted by Crippen LogP contribution is -2.41. The van der Waals surface area contributed by atoms with Gasteiger partial charge < -0.3 is 19.4 Å². The van der Waals surface area contributed by atoms with Crippen molar-refractivity contribution in [1.82, 2.24) is 10.2 Å². The smallest absolute Gasteiger partial charge is 0.287 e. The monoisotopic (exact) mass is 540 g/mol. The van der Waals surface area contributed by atoms with Crippen molar-refractivity contribution in [2.75, 3.05) is 6.54 Å². The van der Waals surface area contributed by atoms with E-state index in [2.05, 4.69) is 5.32 Å². The fourth-order valence-corrected chi connectivity index (χ4v) is 5.02. The molecule has 0 saturated carbocycles. The van der Waals surface area contributed by atoms with Crippen LogP contribution in [-0.2, 0) is 24.4 Å². The van der Waals surface area contributed by atoms with Crippen LogP contribution in [0.5, 0.6) is 5.75 Å². The van der Waals surface area contributed by atoms with Crippen molar-refractivity contribution < 1.29 is 23.1 Å². The molecule has 3 aromatic carbocycles. The van der Waals surface area contributed by atoms with Gasteiger partial charge in [-0.15, -0.1) is 0 Å². The molecule has 6 nitrogen and oxygen atoms in total. The normalized spacial score (nSPS) is 14.6. The fourth-order valence-electron chi connectivity index (χ4n) is 5.02. The number of rotatable bonds is 9. The number of ether oxygens (including phenoxy) is 1. The lowest BCUT2D eigenvalue weighted by molar-refractivity contribution is -0.134. The first-order valence-corrected chi connectivity index (χ1v) is 13.6. The minimum absolute atomic E-state index is 0.0787. The molecule has 1 N–H and O–H groups in total. The van der Waals surface area contributed by atoms with E-state index in [0.717, 1.165) is 28.7 Å². The van der Waals surface area contributed by atoms with Crippen molar-refractivity contribution in [2.45, 2.75) is 45.9 Å². The maximum Gasteiger partial charge on any atom is 0.287 e. The van der Waals surface area contributed by atoms with Crippen molar-refractivity contribution >= 4 is 11.8 Å². The summed E-state index contributed by atoms with van der Waals surface area (Å²) in [7, 11) is 0. The van der Waals surface area contributed by atoms with Crippen LogP contribution in [0.4, 0.5) is 4.39 Å². The average Bonchev–Trinajstić information content (AvgIpc) is 3.44. The summed E-state index contributed by atoms with van der Waals surface area (Å²) in [5.41, 5.74) is 3.95. The lowest BCUT2D eigenvalue weighted by atomic mass is 9.87. The SMILES string of the molecule is CC(C)CC(=O)N1CCc2ccc(OCc3ccc(C(=O)NCc4ccccc4)o3)cc2[C@@H]1c1ccc(F)cc1. The summed E-state index contributed by atoms with van der Waals surface area (Å²) in [4.78, 5) is 27.6. The number of amides is 2. The molecule has 0 radical (unpaired) electrons. The van der Waals surface area contributed by atoms with Crippen LogP contribution in [-0.4, -0.2) is 23.3 Å². The van der Waals surface area contributed by atoms with Gasteiger partial charge >= 0.3 is 0 Å². The second-order valence-electron chi connectivity index (χ2n) is 10.5. The summed E-state index contributed by atoms with van der Waals surface area (Å²) >= 11 is 0. The molecule has 4 aromatic rings. The molecular formula is C33H33FN2O4. The molecule has 0 bridgehead atoms. The highest BCUT2D eigenvalue weighted by atomic mass is 19.1. The fraction of sp³-hybridized carbons (Fsp3) is 0.273. The van der Waals surface area contributed by atoms with E-state index in [0.29, 0.717) is 31.0 Å². The van der Waals surface area contributed by atoms with Gasteiger partial charge in [-0.2, -0.15) is 0 Å². The first-order chi connectivity index (χ1) is 19.4. The van der Waals surface area contributed by atoms with Crippen LogP contribution in [0.25, 0.3) is 0 Å². The van der Waals surface area contributed by atoms with Gasteiger partial charge in [-0.05, 0) is 71.0 Å². The zero-order chi connectivity index (χ0) is 28.1. The third kappa shape index (κ3) is 6.42. The lowest BCUT2D eigenvalue weighted by Gasteiger charge is -2.38. The maximum absolute atomic E-state index is 13.7. The maximum atomic E-state index is 13.7. The molecule has 206 valence electrons. The molecule has 1 aromatic heterocycles. The van der Waals surface area contributed by atoms with Crippen molar-refractivity contribution in [1.29, 1.82) is 0 Å². The van der Waals surface area contributed by atoms with Crippen molar-refractivity contribution in [3.63, 3.8) is 0 Å². The van der Waals surface area contributed by atoms with E-state index >= 15 is 0 Å². The molecule has 1 aliphatic heterocycles. The van der Waals surface area contributed by atoms with Crippen LogP contribution >= 0.6 is 0 Å². The molecule has 1 atom stereocenters. The van der Waals surface area contributed by atoms with E-state index in [1.165, 1.54) is 12.1 Å². The van der Waals surface area contributed by atoms with Crippen LogP contribution in [0.15, 0.2) is 89.3 Å². The minimum atomic E-state index is -0.331. The van der Waals surface area contributed by atoms with Gasteiger partial charge in [0, 0.05) is 19.5 Å². The Balaban J connectivity index is 1.30. The Morgan fingerprint density at radius 2 is 1.80 bits per heavy atom. The number of nitrogens with one attached hydrogen (secondary N) is 1. The number of furan rings is 1. The summed E-state index contributed by atoms with van der Waals surface area (Å²) in [5, 5.41) is 2.86. The topological polar surface area (TPSA) is 71.8 Å². The van der Waals surface area contributed by atoms with Gasteiger partial charge in [0.25, 0.3) is 5.91 Å². The minimum Gasteiger partial charge on any atom is -0.486 e. The van der Waals surface area contributed by atoms with Crippen molar-refractivity contribution in [3.8, 4) is 5.75 Å². The second-order valence-corrected chi connectivity index (χ2v) is 10.5. The van der Waals surface area contributed by atoms with E-state index in [-0.39, 0.29) is 42.0 Å². The third-order valence-corrected chi connectivity index (χ3v) is 7.00. The highest BCUT2D eigenvalue weighted by Gasteiger charge is 2.32. The van der Waals surface area contributed by atoms with Gasteiger partial charge in [-0.25, -0.2) is 4.39 Å². The Bertz CT molecular complexity index is 1460. The molecular weight excluding hydrogens is 507 g/mol. The summed E-state index contributed by atoms with van der Waals surface area (Å²) < 4.78 is 25.5. The summed E-state index contributed by atoms with van der Waals surface area (Å²) in [6.07, 6.45) is 1.18. The van der Waals surface area contributed by atoms with Gasteiger partial charge in [0.1, 0.15) is 23.9 Å². The number of hydrogen-bond donors (Lipinski definition) is 1. The van der Waals surface area contributed by atoms with Crippen LogP contribution in [0.1, 0.15) is 64.9 Å². The summed E-state index contributed by atoms with van der Waals surface area (Å²) in [5.74, 6) is 1.06. The van der Waals surface area contributed by atoms with Crippen LogP contribution < -0.4 is 10.1 Å². The van der Waals surface area contributed by atoms with E-state index in [1.54, 1.807) is 24.3 Å². The molecule has 2 amide bonds. The predicted octanol–water partition coefficient (Wildman–Crippen LogP) is 6.45. The van der Waals surface area contributed by atoms with E-state index < -0.39 is 0 Å². The third-order valence-electron chi connectivity index (χ3n) is 7.00. The number of halogens is 1. The van der Waals surface area contributed by atoms with Crippen LogP contribution in [0, 0.1) is 11.7 Å². The molecule has 0 aliphatic carbocycles. The molecule has 0 saturated heterocycles. The van der Waals surface area contributed by atoms with E-state index in [9.17, 15) is 14.0 Å². The van der Waals surface area contributed by atoms with Crippen molar-refractivity contribution in [3.05, 3.63) is 125 Å². The Hall–Kier alpha value is -4.39. The molecule has 7 heteroatoms. The van der Waals surface area contributed by atoms with E-state index in [1.807, 2.05) is 67.3 Å². The first-order valence-electron chi connectivity index (χ1n) is 13.6. The molecule has 2 heterocycles. The number of nitrogens with zero attached hydrogens (tertiary/aromatic N) is 1. The molecule has 0 fully saturated rings. The Morgan fingerprint density at radius 1 is 1.02 bits per heavy atom. The average molecular weight is 541 g/mol. The van der Waals surface area contributed by atoms with Crippen LogP contribution in [0.2, 0.25) is 0 Å². The predicted molar refractivity (Wildman–Crippen MR) is 150 cm³/mol. The Kier molecular flexibility index (Phi) is 8.29. The van der Waals surface area contributed by atoms with Crippen LogP contribution in [0.3, 0.4) is 0 Å². The van der Waals surface area contributed by atoms with Crippen molar-refractivity contribution in [2.24, 2.45) is 5.92 Å².